The molecular weight excluding hydrogens is 416 g/mol. The lowest BCUT2D eigenvalue weighted by Gasteiger charge is -2.33. The van der Waals surface area contributed by atoms with E-state index in [-0.39, 0.29) is 15.8 Å². The van der Waals surface area contributed by atoms with Crippen LogP contribution in [-0.4, -0.2) is 37.3 Å². The molecule has 0 bridgehead atoms. The fourth-order valence-corrected chi connectivity index (χ4v) is 5.36. The van der Waals surface area contributed by atoms with Gasteiger partial charge in [-0.2, -0.15) is 8.78 Å². The summed E-state index contributed by atoms with van der Waals surface area (Å²) >= 11 is 2.24. The van der Waals surface area contributed by atoms with Crippen molar-refractivity contribution in [1.82, 2.24) is 24.8 Å². The van der Waals surface area contributed by atoms with Gasteiger partial charge in [-0.25, -0.2) is 15.0 Å². The summed E-state index contributed by atoms with van der Waals surface area (Å²) in [6.07, 6.45) is 3.45. The summed E-state index contributed by atoms with van der Waals surface area (Å²) in [4.78, 5) is 31.2. The topological polar surface area (TPSA) is 74.8 Å². The van der Waals surface area contributed by atoms with Crippen LogP contribution in [-0.2, 0) is 12.3 Å². The second-order valence-corrected chi connectivity index (χ2v) is 8.95. The van der Waals surface area contributed by atoms with E-state index >= 15 is 0 Å². The van der Waals surface area contributed by atoms with E-state index in [0.29, 0.717) is 13.0 Å². The molecule has 0 saturated carbocycles. The molecule has 3 aromatic heterocycles. The maximum absolute atomic E-state index is 13.6. The van der Waals surface area contributed by atoms with Crippen LogP contribution >= 0.6 is 22.7 Å². The Morgan fingerprint density at radius 2 is 2.10 bits per heavy atom. The Bertz CT molecular complexity index is 1180. The van der Waals surface area contributed by atoms with E-state index in [1.54, 1.807) is 11.2 Å². The molecule has 1 aliphatic heterocycles. The molecule has 0 aliphatic carbocycles. The van der Waals surface area contributed by atoms with Gasteiger partial charge in [0.15, 0.2) is 5.01 Å². The second kappa shape index (κ2) is 6.67. The highest BCUT2D eigenvalue weighted by atomic mass is 32.1. The van der Waals surface area contributed by atoms with Crippen molar-refractivity contribution in [2.75, 3.05) is 6.54 Å². The molecule has 4 aromatic rings. The van der Waals surface area contributed by atoms with Gasteiger partial charge in [-0.1, -0.05) is 12.1 Å². The lowest BCUT2D eigenvalue weighted by molar-refractivity contribution is 0.0172. The highest BCUT2D eigenvalue weighted by Gasteiger charge is 2.38. The van der Waals surface area contributed by atoms with Crippen molar-refractivity contribution in [1.29, 1.82) is 0 Å². The number of thiazole rings is 2. The molecule has 1 amide bonds. The van der Waals surface area contributed by atoms with Crippen LogP contribution in [0.25, 0.3) is 10.2 Å². The van der Waals surface area contributed by atoms with E-state index < -0.39 is 12.0 Å². The number of halogens is 2. The van der Waals surface area contributed by atoms with E-state index in [2.05, 4.69) is 15.0 Å². The van der Waals surface area contributed by atoms with Gasteiger partial charge in [-0.3, -0.25) is 4.79 Å². The Morgan fingerprint density at radius 1 is 1.28 bits per heavy atom. The van der Waals surface area contributed by atoms with E-state index in [0.717, 1.165) is 44.9 Å². The average Bonchev–Trinajstić information content (AvgIpc) is 3.44. The molecule has 148 valence electrons. The molecule has 0 radical (unpaired) electrons. The van der Waals surface area contributed by atoms with Crippen LogP contribution in [0.2, 0.25) is 0 Å². The van der Waals surface area contributed by atoms with Gasteiger partial charge in [0.2, 0.25) is 0 Å². The molecule has 1 aliphatic rings. The summed E-state index contributed by atoms with van der Waals surface area (Å²) in [5, 5.41) is 0.382. The molecule has 6 nitrogen and oxygen atoms in total. The van der Waals surface area contributed by atoms with Crippen molar-refractivity contribution in [2.45, 2.75) is 25.3 Å². The Labute approximate surface area is 172 Å². The number of carbonyl (C=O) groups is 1. The lowest BCUT2D eigenvalue weighted by atomic mass is 10.0. The number of nitrogens with one attached hydrogen (secondary N) is 1. The first kappa shape index (κ1) is 18.3. The fourth-order valence-electron chi connectivity index (χ4n) is 3.47. The van der Waals surface area contributed by atoms with Crippen molar-refractivity contribution in [3.8, 4) is 0 Å². The Kier molecular flexibility index (Phi) is 4.21. The minimum absolute atomic E-state index is 0.187. The van der Waals surface area contributed by atoms with Crippen LogP contribution in [0.3, 0.4) is 0 Å². The van der Waals surface area contributed by atoms with Gasteiger partial charge in [0, 0.05) is 25.6 Å². The second-order valence-electron chi connectivity index (χ2n) is 6.86. The molecular formula is C19H15F2N5OS2. The predicted molar refractivity (Wildman–Crippen MR) is 106 cm³/mol. The maximum Gasteiger partial charge on any atom is 0.296 e. The molecule has 5 rings (SSSR count). The maximum atomic E-state index is 13.6. The third-order valence-electron chi connectivity index (χ3n) is 4.82. The van der Waals surface area contributed by atoms with Gasteiger partial charge in [0.25, 0.3) is 11.8 Å². The van der Waals surface area contributed by atoms with Crippen molar-refractivity contribution >= 4 is 38.8 Å². The van der Waals surface area contributed by atoms with E-state index in [1.807, 2.05) is 24.3 Å². The molecule has 10 heteroatoms. The van der Waals surface area contributed by atoms with Crippen molar-refractivity contribution in [2.24, 2.45) is 0 Å². The predicted octanol–water partition coefficient (Wildman–Crippen LogP) is 4.38. The number of alkyl halides is 2. The third-order valence-corrected chi connectivity index (χ3v) is 7.07. The number of hydrogen-bond acceptors (Lipinski definition) is 6. The summed E-state index contributed by atoms with van der Waals surface area (Å²) in [7, 11) is 0. The van der Waals surface area contributed by atoms with Crippen LogP contribution in [0.5, 0.6) is 0 Å². The number of carbonyl (C=O) groups excluding carboxylic acids is 1. The molecule has 0 spiro atoms. The number of para-hydroxylation sites is 1. The number of aromatic amines is 1. The summed E-state index contributed by atoms with van der Waals surface area (Å²) in [5.74, 6) is -3.41. The van der Waals surface area contributed by atoms with Crippen LogP contribution in [0.1, 0.15) is 44.0 Å². The van der Waals surface area contributed by atoms with Gasteiger partial charge in [-0.15, -0.1) is 22.7 Å². The van der Waals surface area contributed by atoms with E-state index in [1.165, 1.54) is 17.5 Å². The van der Waals surface area contributed by atoms with Gasteiger partial charge < -0.3 is 9.88 Å². The van der Waals surface area contributed by atoms with E-state index in [4.69, 9.17) is 4.98 Å². The summed E-state index contributed by atoms with van der Waals surface area (Å²) in [5.41, 5.74) is 2.56. The number of rotatable bonds is 3. The molecule has 0 fully saturated rings. The lowest BCUT2D eigenvalue weighted by Crippen LogP contribution is -2.40. The van der Waals surface area contributed by atoms with E-state index in [9.17, 15) is 13.6 Å². The highest BCUT2D eigenvalue weighted by Crippen LogP contribution is 2.39. The Hall–Kier alpha value is -2.72. The first-order valence-electron chi connectivity index (χ1n) is 8.94. The molecule has 29 heavy (non-hydrogen) atoms. The van der Waals surface area contributed by atoms with Gasteiger partial charge >= 0.3 is 0 Å². The Balaban J connectivity index is 1.57. The number of imidazole rings is 1. The van der Waals surface area contributed by atoms with Crippen LogP contribution in [0.15, 0.2) is 36.8 Å². The monoisotopic (exact) mass is 431 g/mol. The molecule has 4 heterocycles. The number of benzene rings is 1. The molecule has 1 N–H and O–H groups in total. The van der Waals surface area contributed by atoms with Crippen LogP contribution in [0, 0.1) is 0 Å². The largest absolute Gasteiger partial charge is 0.348 e. The smallest absolute Gasteiger partial charge is 0.296 e. The summed E-state index contributed by atoms with van der Waals surface area (Å²) < 4.78 is 28.2. The number of nitrogens with zero attached hydrogens (tertiary/aromatic N) is 4. The molecule has 0 unspecified atom stereocenters. The molecule has 1 aromatic carbocycles. The summed E-state index contributed by atoms with van der Waals surface area (Å²) in [6.45, 7) is 1.21. The highest BCUT2D eigenvalue weighted by molar-refractivity contribution is 7.18. The zero-order valence-electron chi connectivity index (χ0n) is 15.2. The van der Waals surface area contributed by atoms with Gasteiger partial charge in [-0.05, 0) is 12.1 Å². The normalized spacial score (nSPS) is 16.9. The zero-order valence-corrected chi connectivity index (χ0v) is 16.9. The first-order valence-corrected chi connectivity index (χ1v) is 10.6. The third kappa shape index (κ3) is 3.12. The number of aromatic nitrogens is 4. The first-order chi connectivity index (χ1) is 13.9. The Morgan fingerprint density at radius 3 is 2.86 bits per heavy atom. The number of H-pyrrole nitrogens is 1. The molecule has 0 saturated heterocycles. The van der Waals surface area contributed by atoms with Crippen LogP contribution < -0.4 is 0 Å². The van der Waals surface area contributed by atoms with Crippen molar-refractivity contribution < 1.29 is 13.6 Å². The van der Waals surface area contributed by atoms with Gasteiger partial charge in [0.05, 0.1) is 28.4 Å². The minimum Gasteiger partial charge on any atom is -0.348 e. The molecule has 1 atom stereocenters. The zero-order chi connectivity index (χ0) is 20.2. The number of amides is 1. The fraction of sp³-hybridized carbons (Fsp3) is 0.263. The standard InChI is InChI=1S/C19H15F2N5OS2/c1-19(20,21)18-22-8-13(29-18)17(27)26-7-6-11-14(24-9-23-11)15(26)16-25-10-4-2-3-5-12(10)28-16/h2-5,8-9,15H,6-7H2,1H3,(H,23,24)/t15-/m0/s1. The quantitative estimate of drug-likeness (QED) is 0.523. The van der Waals surface area contributed by atoms with Crippen LogP contribution in [0.4, 0.5) is 8.78 Å². The van der Waals surface area contributed by atoms with Gasteiger partial charge in [0.1, 0.15) is 15.9 Å². The minimum atomic E-state index is -3.08. The number of fused-ring (bicyclic) bond motifs is 2. The summed E-state index contributed by atoms with van der Waals surface area (Å²) in [6, 6.07) is 7.30. The number of hydrogen-bond donors (Lipinski definition) is 1. The average molecular weight is 431 g/mol. The van der Waals surface area contributed by atoms with Crippen molar-refractivity contribution in [3.05, 3.63) is 63.1 Å². The van der Waals surface area contributed by atoms with Crippen molar-refractivity contribution in [3.63, 3.8) is 0 Å². The SMILES string of the molecule is CC(F)(F)c1ncc(C(=O)N2CCc3[nH]cnc3[C@H]2c2nc3ccccc3s2)s1.